The average Bonchev–Trinajstić information content (AvgIpc) is 3.12. The minimum absolute atomic E-state index is 0.0287. The Morgan fingerprint density at radius 3 is 2.58 bits per heavy atom. The number of hydrogen-bond acceptors (Lipinski definition) is 6. The lowest BCUT2D eigenvalue weighted by Gasteiger charge is -2.09. The van der Waals surface area contributed by atoms with Gasteiger partial charge in [0.2, 0.25) is 10.0 Å². The summed E-state index contributed by atoms with van der Waals surface area (Å²) in [5, 5.41) is 14.8. The predicted molar refractivity (Wildman–Crippen MR) is 120 cm³/mol. The van der Waals surface area contributed by atoms with E-state index in [0.29, 0.717) is 17.1 Å². The first-order valence-electron chi connectivity index (χ1n) is 9.34. The molecule has 10 heteroatoms. The van der Waals surface area contributed by atoms with Crippen LogP contribution >= 0.6 is 0 Å². The molecule has 0 radical (unpaired) electrons. The molecule has 2 aromatic heterocycles. The summed E-state index contributed by atoms with van der Waals surface area (Å²) in [4.78, 5) is 15.0. The van der Waals surface area contributed by atoms with Crippen molar-refractivity contribution >= 4 is 32.3 Å². The van der Waals surface area contributed by atoms with E-state index in [1.54, 1.807) is 23.0 Å². The fourth-order valence-corrected chi connectivity index (χ4v) is 3.81. The SMILES string of the molecule is C/C(=N\Nc1ccc(S(N)(=O)=O)cc1)c1cnn(-c2cc(=O)[nH]c3ccccc23)c1C. The average molecular weight is 436 g/mol. The number of pyridine rings is 1. The summed E-state index contributed by atoms with van der Waals surface area (Å²) < 4.78 is 24.4. The Labute approximate surface area is 178 Å². The van der Waals surface area contributed by atoms with Crippen molar-refractivity contribution in [1.29, 1.82) is 0 Å². The van der Waals surface area contributed by atoms with Crippen molar-refractivity contribution in [2.75, 3.05) is 5.43 Å². The van der Waals surface area contributed by atoms with Crippen molar-refractivity contribution in [3.05, 3.63) is 82.4 Å². The summed E-state index contributed by atoms with van der Waals surface area (Å²) in [6, 6.07) is 15.0. The van der Waals surface area contributed by atoms with Gasteiger partial charge in [-0.1, -0.05) is 18.2 Å². The smallest absolute Gasteiger partial charge is 0.250 e. The molecule has 0 aliphatic heterocycles. The van der Waals surface area contributed by atoms with E-state index < -0.39 is 10.0 Å². The van der Waals surface area contributed by atoms with Crippen LogP contribution in [0.15, 0.2) is 75.6 Å². The molecule has 0 saturated carbocycles. The van der Waals surface area contributed by atoms with E-state index in [-0.39, 0.29) is 10.5 Å². The highest BCUT2D eigenvalue weighted by Gasteiger charge is 2.14. The molecule has 0 spiro atoms. The molecule has 31 heavy (non-hydrogen) atoms. The zero-order chi connectivity index (χ0) is 22.2. The third-order valence-corrected chi connectivity index (χ3v) is 5.82. The maximum atomic E-state index is 12.1. The van der Waals surface area contributed by atoms with E-state index in [2.05, 4.69) is 20.6 Å². The standard InChI is InChI=1S/C21H20N6O3S/c1-13(25-26-15-7-9-16(10-8-15)31(22,29)30)18-12-23-27(14(18)2)20-11-21(28)24-19-6-4-3-5-17(19)20/h3-12,26H,1-2H3,(H,24,28)(H2,22,29,30)/b25-13+. The molecule has 2 heterocycles. The highest BCUT2D eigenvalue weighted by molar-refractivity contribution is 7.89. The Kier molecular flexibility index (Phi) is 5.17. The van der Waals surface area contributed by atoms with Crippen LogP contribution in [-0.4, -0.2) is 28.9 Å². The number of aromatic amines is 1. The molecule has 9 nitrogen and oxygen atoms in total. The molecular formula is C21H20N6O3S. The molecule has 4 aromatic rings. The largest absolute Gasteiger partial charge is 0.322 e. The van der Waals surface area contributed by atoms with E-state index in [9.17, 15) is 13.2 Å². The van der Waals surface area contributed by atoms with Gasteiger partial charge in [-0.3, -0.25) is 10.2 Å². The Balaban J connectivity index is 1.65. The number of nitrogens with one attached hydrogen (secondary N) is 2. The van der Waals surface area contributed by atoms with Gasteiger partial charge in [0.15, 0.2) is 0 Å². The molecule has 158 valence electrons. The lowest BCUT2D eigenvalue weighted by molar-refractivity contribution is 0.598. The Morgan fingerprint density at radius 2 is 1.87 bits per heavy atom. The summed E-state index contributed by atoms with van der Waals surface area (Å²) in [7, 11) is -3.74. The number of nitrogens with two attached hydrogens (primary N) is 1. The summed E-state index contributed by atoms with van der Waals surface area (Å²) in [6.45, 7) is 3.73. The van der Waals surface area contributed by atoms with Crippen LogP contribution in [0, 0.1) is 6.92 Å². The van der Waals surface area contributed by atoms with E-state index in [1.165, 1.54) is 18.2 Å². The quantitative estimate of drug-likeness (QED) is 0.326. The number of rotatable bonds is 5. The fourth-order valence-electron chi connectivity index (χ4n) is 3.30. The van der Waals surface area contributed by atoms with Crippen LogP contribution in [0.4, 0.5) is 5.69 Å². The maximum absolute atomic E-state index is 12.1. The monoisotopic (exact) mass is 436 g/mol. The van der Waals surface area contributed by atoms with E-state index >= 15 is 0 Å². The van der Waals surface area contributed by atoms with Crippen molar-refractivity contribution in [3.8, 4) is 5.69 Å². The van der Waals surface area contributed by atoms with Crippen molar-refractivity contribution in [3.63, 3.8) is 0 Å². The normalized spacial score (nSPS) is 12.3. The number of aromatic nitrogens is 3. The van der Waals surface area contributed by atoms with Gasteiger partial charge in [-0.2, -0.15) is 10.2 Å². The summed E-state index contributed by atoms with van der Waals surface area (Å²) >= 11 is 0. The molecule has 4 rings (SSSR count). The lowest BCUT2D eigenvalue weighted by Crippen LogP contribution is -2.11. The van der Waals surface area contributed by atoms with Gasteiger partial charge in [-0.15, -0.1) is 0 Å². The van der Waals surface area contributed by atoms with Gasteiger partial charge in [0.25, 0.3) is 5.56 Å². The molecule has 0 aliphatic carbocycles. The second-order valence-electron chi connectivity index (χ2n) is 7.00. The van der Waals surface area contributed by atoms with Gasteiger partial charge in [0.05, 0.1) is 39.4 Å². The van der Waals surface area contributed by atoms with Crippen molar-refractivity contribution < 1.29 is 8.42 Å². The molecule has 4 N–H and O–H groups in total. The number of hydrogen-bond donors (Lipinski definition) is 3. The molecule has 0 saturated heterocycles. The predicted octanol–water partition coefficient (Wildman–Crippen LogP) is 2.51. The number of benzene rings is 2. The zero-order valence-corrected chi connectivity index (χ0v) is 17.6. The Hall–Kier alpha value is -3.76. The highest BCUT2D eigenvalue weighted by atomic mass is 32.2. The van der Waals surface area contributed by atoms with Gasteiger partial charge in [-0.05, 0) is 44.2 Å². The second-order valence-corrected chi connectivity index (χ2v) is 8.56. The second kappa shape index (κ2) is 7.82. The van der Waals surface area contributed by atoms with Crippen LogP contribution in [-0.2, 0) is 10.0 Å². The van der Waals surface area contributed by atoms with Crippen LogP contribution in [0.1, 0.15) is 18.2 Å². The minimum atomic E-state index is -3.74. The summed E-state index contributed by atoms with van der Waals surface area (Å²) in [6.07, 6.45) is 1.69. The third kappa shape index (κ3) is 4.11. The number of para-hydroxylation sites is 1. The molecule has 0 aliphatic rings. The van der Waals surface area contributed by atoms with Gasteiger partial charge in [-0.25, -0.2) is 18.2 Å². The molecule has 2 aromatic carbocycles. The number of H-pyrrole nitrogens is 1. The summed E-state index contributed by atoms with van der Waals surface area (Å²) in [5.74, 6) is 0. The number of anilines is 1. The van der Waals surface area contributed by atoms with Crippen LogP contribution in [0.3, 0.4) is 0 Å². The first kappa shape index (κ1) is 20.5. The Bertz CT molecular complexity index is 1470. The van der Waals surface area contributed by atoms with Crippen LogP contribution in [0.25, 0.3) is 16.6 Å². The van der Waals surface area contributed by atoms with Gasteiger partial charge in [0.1, 0.15) is 0 Å². The summed E-state index contributed by atoms with van der Waals surface area (Å²) in [5.41, 5.74) is 7.01. The topological polar surface area (TPSA) is 135 Å². The number of nitrogens with zero attached hydrogens (tertiary/aromatic N) is 3. The van der Waals surface area contributed by atoms with Crippen molar-refractivity contribution in [1.82, 2.24) is 14.8 Å². The number of sulfonamides is 1. The van der Waals surface area contributed by atoms with E-state index in [1.807, 2.05) is 38.1 Å². The third-order valence-electron chi connectivity index (χ3n) is 4.89. The van der Waals surface area contributed by atoms with Crippen LogP contribution in [0.2, 0.25) is 0 Å². The van der Waals surface area contributed by atoms with Crippen LogP contribution in [0.5, 0.6) is 0 Å². The molecule has 0 amide bonds. The minimum Gasteiger partial charge on any atom is -0.322 e. The first-order valence-corrected chi connectivity index (χ1v) is 10.9. The zero-order valence-electron chi connectivity index (χ0n) is 16.8. The lowest BCUT2D eigenvalue weighted by atomic mass is 10.1. The molecule has 0 atom stereocenters. The number of fused-ring (bicyclic) bond motifs is 1. The van der Waals surface area contributed by atoms with Crippen molar-refractivity contribution in [2.45, 2.75) is 18.7 Å². The van der Waals surface area contributed by atoms with Crippen molar-refractivity contribution in [2.24, 2.45) is 10.2 Å². The van der Waals surface area contributed by atoms with E-state index in [4.69, 9.17) is 5.14 Å². The van der Waals surface area contributed by atoms with Gasteiger partial charge in [0, 0.05) is 17.0 Å². The van der Waals surface area contributed by atoms with Gasteiger partial charge >= 0.3 is 0 Å². The first-order chi connectivity index (χ1) is 14.7. The number of hydrazone groups is 1. The Morgan fingerprint density at radius 1 is 1.16 bits per heavy atom. The van der Waals surface area contributed by atoms with Crippen LogP contribution < -0.4 is 16.1 Å². The van der Waals surface area contributed by atoms with Gasteiger partial charge < -0.3 is 4.98 Å². The van der Waals surface area contributed by atoms with E-state index in [0.717, 1.165) is 22.2 Å². The molecule has 0 unspecified atom stereocenters. The highest BCUT2D eigenvalue weighted by Crippen LogP contribution is 2.21. The fraction of sp³-hybridized carbons (Fsp3) is 0.0952. The number of primary sulfonamides is 1. The molecular weight excluding hydrogens is 416 g/mol. The maximum Gasteiger partial charge on any atom is 0.250 e. The molecule has 0 bridgehead atoms. The molecule has 0 fully saturated rings.